The minimum absolute atomic E-state index is 0.0268. The summed E-state index contributed by atoms with van der Waals surface area (Å²) in [5.41, 5.74) is 0.0268. The lowest BCUT2D eigenvalue weighted by Crippen LogP contribution is -2.15. The van der Waals surface area contributed by atoms with Crippen LogP contribution in [-0.4, -0.2) is 19.4 Å². The van der Waals surface area contributed by atoms with Crippen molar-refractivity contribution < 1.29 is 13.6 Å². The molecule has 92 valence electrons. The Balaban J connectivity index is 4.19. The summed E-state index contributed by atoms with van der Waals surface area (Å²) in [4.78, 5) is 0. The van der Waals surface area contributed by atoms with Crippen molar-refractivity contribution in [2.24, 2.45) is 5.41 Å². The van der Waals surface area contributed by atoms with Gasteiger partial charge in [0.25, 0.3) is 0 Å². The van der Waals surface area contributed by atoms with Crippen LogP contribution < -0.4 is 0 Å². The highest BCUT2D eigenvalue weighted by Crippen LogP contribution is 2.49. The number of hydrogen-bond acceptors (Lipinski definition) is 3. The van der Waals surface area contributed by atoms with Gasteiger partial charge in [-0.25, -0.2) is 0 Å². The molecular weight excluding hydrogens is 211 g/mol. The molecule has 0 aliphatic carbocycles. The summed E-state index contributed by atoms with van der Waals surface area (Å²) in [5.74, 6) is 0. The third-order valence-electron chi connectivity index (χ3n) is 1.81. The van der Waals surface area contributed by atoms with E-state index in [0.29, 0.717) is 19.4 Å². The molecule has 4 heteroatoms. The van der Waals surface area contributed by atoms with Crippen LogP contribution in [0.15, 0.2) is 0 Å². The van der Waals surface area contributed by atoms with Crippen LogP contribution in [-0.2, 0) is 13.6 Å². The van der Waals surface area contributed by atoms with Crippen molar-refractivity contribution >= 4 is 7.60 Å². The summed E-state index contributed by atoms with van der Waals surface area (Å²) in [6.45, 7) is 11.0. The molecule has 1 atom stereocenters. The van der Waals surface area contributed by atoms with Crippen molar-refractivity contribution in [1.29, 1.82) is 0 Å². The molecule has 0 N–H and O–H groups in total. The zero-order valence-electron chi connectivity index (χ0n) is 10.7. The highest BCUT2D eigenvalue weighted by molar-refractivity contribution is 7.53. The van der Waals surface area contributed by atoms with E-state index >= 15 is 0 Å². The SMILES string of the molecule is CCCCP(=O)(OCC)OCC(C)(C)C. The normalized spacial score (nSPS) is 16.3. The fourth-order valence-electron chi connectivity index (χ4n) is 1.01. The fourth-order valence-corrected chi connectivity index (χ4v) is 3.02. The van der Waals surface area contributed by atoms with Crippen LogP contribution in [0, 0.1) is 5.41 Å². The summed E-state index contributed by atoms with van der Waals surface area (Å²) in [7, 11) is -2.83. The molecule has 1 unspecified atom stereocenters. The van der Waals surface area contributed by atoms with E-state index in [1.54, 1.807) is 0 Å². The summed E-state index contributed by atoms with van der Waals surface area (Å²) < 4.78 is 22.9. The maximum Gasteiger partial charge on any atom is 0.330 e. The quantitative estimate of drug-likeness (QED) is 0.625. The monoisotopic (exact) mass is 236 g/mol. The smallest absolute Gasteiger partial charge is 0.309 e. The Labute approximate surface area is 94.1 Å². The molecule has 3 nitrogen and oxygen atoms in total. The van der Waals surface area contributed by atoms with E-state index in [1.165, 1.54) is 0 Å². The van der Waals surface area contributed by atoms with Crippen LogP contribution in [0.2, 0.25) is 0 Å². The lowest BCUT2D eigenvalue weighted by atomic mass is 9.99. The van der Waals surface area contributed by atoms with E-state index in [1.807, 2.05) is 6.92 Å². The van der Waals surface area contributed by atoms with Gasteiger partial charge in [-0.2, -0.15) is 0 Å². The summed E-state index contributed by atoms with van der Waals surface area (Å²) in [5, 5.41) is 0. The second-order valence-electron chi connectivity index (χ2n) is 4.94. The molecule has 0 saturated carbocycles. The molecule has 15 heavy (non-hydrogen) atoms. The zero-order chi connectivity index (χ0) is 11.9. The highest BCUT2D eigenvalue weighted by atomic mass is 31.2. The molecule has 0 saturated heterocycles. The van der Waals surface area contributed by atoms with E-state index in [4.69, 9.17) is 9.05 Å². The standard InChI is InChI=1S/C11H25O3P/c1-6-8-9-15(12,13-7-2)14-10-11(3,4)5/h6-10H2,1-5H3. The summed E-state index contributed by atoms with van der Waals surface area (Å²) in [6, 6.07) is 0. The first-order chi connectivity index (χ1) is 6.83. The Morgan fingerprint density at radius 2 is 1.73 bits per heavy atom. The Kier molecular flexibility index (Phi) is 6.74. The van der Waals surface area contributed by atoms with Crippen molar-refractivity contribution in [3.05, 3.63) is 0 Å². The first kappa shape index (κ1) is 15.2. The number of unbranched alkanes of at least 4 members (excludes halogenated alkanes) is 1. The first-order valence-electron chi connectivity index (χ1n) is 5.71. The molecule has 0 radical (unpaired) electrons. The van der Waals surface area contributed by atoms with Gasteiger partial charge in [0.15, 0.2) is 0 Å². The molecule has 0 spiro atoms. The van der Waals surface area contributed by atoms with E-state index in [-0.39, 0.29) is 5.41 Å². The Hall–Kier alpha value is 0.150. The second-order valence-corrected chi connectivity index (χ2v) is 7.13. The van der Waals surface area contributed by atoms with Crippen LogP contribution in [0.25, 0.3) is 0 Å². The minimum atomic E-state index is -2.83. The van der Waals surface area contributed by atoms with Crippen molar-refractivity contribution in [3.63, 3.8) is 0 Å². The molecule has 0 heterocycles. The minimum Gasteiger partial charge on any atom is -0.309 e. The average molecular weight is 236 g/mol. The van der Waals surface area contributed by atoms with Gasteiger partial charge in [0.2, 0.25) is 0 Å². The molecule has 0 aliphatic rings. The molecule has 0 aromatic rings. The van der Waals surface area contributed by atoms with E-state index in [9.17, 15) is 4.57 Å². The van der Waals surface area contributed by atoms with Gasteiger partial charge in [-0.15, -0.1) is 0 Å². The van der Waals surface area contributed by atoms with Crippen molar-refractivity contribution in [2.75, 3.05) is 19.4 Å². The van der Waals surface area contributed by atoms with Gasteiger partial charge in [0.05, 0.1) is 19.4 Å². The molecule has 0 aromatic heterocycles. The maximum atomic E-state index is 12.2. The number of hydrogen-bond donors (Lipinski definition) is 0. The third kappa shape index (κ3) is 8.01. The van der Waals surface area contributed by atoms with Gasteiger partial charge in [0.1, 0.15) is 0 Å². The van der Waals surface area contributed by atoms with Gasteiger partial charge in [-0.1, -0.05) is 34.1 Å². The van der Waals surface area contributed by atoms with Crippen LogP contribution in [0.4, 0.5) is 0 Å². The fraction of sp³-hybridized carbons (Fsp3) is 1.00. The van der Waals surface area contributed by atoms with Gasteiger partial charge >= 0.3 is 7.60 Å². The summed E-state index contributed by atoms with van der Waals surface area (Å²) in [6.07, 6.45) is 2.44. The Bertz CT molecular complexity index is 208. The average Bonchev–Trinajstić information content (AvgIpc) is 2.12. The highest BCUT2D eigenvalue weighted by Gasteiger charge is 2.25. The van der Waals surface area contributed by atoms with Gasteiger partial charge in [-0.3, -0.25) is 4.57 Å². The lowest BCUT2D eigenvalue weighted by Gasteiger charge is -2.23. The summed E-state index contributed by atoms with van der Waals surface area (Å²) >= 11 is 0. The molecule has 0 fully saturated rings. The van der Waals surface area contributed by atoms with Gasteiger partial charge < -0.3 is 9.05 Å². The van der Waals surface area contributed by atoms with Gasteiger partial charge in [0, 0.05) is 0 Å². The second kappa shape index (κ2) is 6.67. The van der Waals surface area contributed by atoms with Crippen LogP contribution in [0.5, 0.6) is 0 Å². The van der Waals surface area contributed by atoms with Crippen LogP contribution in [0.1, 0.15) is 47.5 Å². The van der Waals surface area contributed by atoms with E-state index in [2.05, 4.69) is 27.7 Å². The third-order valence-corrected chi connectivity index (χ3v) is 3.84. The molecule has 0 amide bonds. The van der Waals surface area contributed by atoms with Crippen molar-refractivity contribution in [2.45, 2.75) is 47.5 Å². The van der Waals surface area contributed by atoms with Gasteiger partial charge in [-0.05, 0) is 18.8 Å². The van der Waals surface area contributed by atoms with E-state index in [0.717, 1.165) is 12.8 Å². The maximum absolute atomic E-state index is 12.2. The first-order valence-corrected chi connectivity index (χ1v) is 7.44. The lowest BCUT2D eigenvalue weighted by molar-refractivity contribution is 0.153. The topological polar surface area (TPSA) is 35.5 Å². The Morgan fingerprint density at radius 1 is 1.13 bits per heavy atom. The van der Waals surface area contributed by atoms with E-state index < -0.39 is 7.60 Å². The molecule has 0 bridgehead atoms. The van der Waals surface area contributed by atoms with Crippen molar-refractivity contribution in [3.8, 4) is 0 Å². The zero-order valence-corrected chi connectivity index (χ0v) is 11.6. The largest absolute Gasteiger partial charge is 0.330 e. The molecule has 0 aromatic carbocycles. The molecular formula is C11H25O3P. The molecule has 0 aliphatic heterocycles. The predicted molar refractivity (Wildman–Crippen MR) is 64.4 cm³/mol. The predicted octanol–water partition coefficient (Wildman–Crippen LogP) is 4.08. The Morgan fingerprint density at radius 3 is 2.13 bits per heavy atom. The van der Waals surface area contributed by atoms with Crippen LogP contribution in [0.3, 0.4) is 0 Å². The molecule has 0 rings (SSSR count). The number of rotatable bonds is 7. The van der Waals surface area contributed by atoms with Crippen LogP contribution >= 0.6 is 7.60 Å². The van der Waals surface area contributed by atoms with Crippen molar-refractivity contribution in [1.82, 2.24) is 0 Å².